The summed E-state index contributed by atoms with van der Waals surface area (Å²) in [4.78, 5) is 12.1. The van der Waals surface area contributed by atoms with Crippen LogP contribution in [-0.2, 0) is 19.9 Å². The number of quaternary nitrogens is 1. The van der Waals surface area contributed by atoms with E-state index < -0.39 is 118 Å². The van der Waals surface area contributed by atoms with Crippen molar-refractivity contribution in [3.63, 3.8) is 0 Å². The molecule has 26 heavy (non-hydrogen) atoms. The van der Waals surface area contributed by atoms with E-state index in [1.54, 1.807) is 0 Å². The molecule has 7 heteroatoms. The van der Waals surface area contributed by atoms with Crippen molar-refractivity contribution in [1.29, 1.82) is 0 Å². The van der Waals surface area contributed by atoms with Gasteiger partial charge in [0, 0.05) is 18.2 Å². The van der Waals surface area contributed by atoms with Gasteiger partial charge in [0.2, 0.25) is 5.60 Å². The van der Waals surface area contributed by atoms with Crippen LogP contribution in [0.3, 0.4) is 0 Å². The highest BCUT2D eigenvalue weighted by molar-refractivity contribution is 7.12. The number of hydrogen-bond donors (Lipinski definition) is 1. The number of likely N-dealkylation sites (N-methyl/N-ethyl adjacent to an activating group) is 1. The molecule has 0 amide bonds. The Morgan fingerprint density at radius 2 is 2.04 bits per heavy atom. The molecule has 5 atom stereocenters. The third kappa shape index (κ3) is 2.28. The molecule has 0 saturated carbocycles. The summed E-state index contributed by atoms with van der Waals surface area (Å²) in [5.41, 5.74) is -3.63. The first-order valence-corrected chi connectivity index (χ1v) is 8.70. The van der Waals surface area contributed by atoms with Crippen LogP contribution in [0.5, 0.6) is 0 Å². The van der Waals surface area contributed by atoms with Crippen molar-refractivity contribution in [2.45, 2.75) is 48.6 Å². The van der Waals surface area contributed by atoms with Crippen LogP contribution in [-0.4, -0.2) is 59.8 Å². The summed E-state index contributed by atoms with van der Waals surface area (Å²) in [6, 6.07) is -11.9. The number of ether oxygens (including phenoxy) is 2. The van der Waals surface area contributed by atoms with Crippen molar-refractivity contribution >= 4 is 28.6 Å². The lowest BCUT2D eigenvalue weighted by Gasteiger charge is -2.45. The molecule has 0 aromatic carbocycles. The Hall–Kier alpha value is -1.25. The van der Waals surface area contributed by atoms with E-state index in [4.69, 9.17) is 36.9 Å². The van der Waals surface area contributed by atoms with Crippen molar-refractivity contribution < 1.29 is 51.3 Å². The zero-order valence-electron chi connectivity index (χ0n) is 32.5. The van der Waals surface area contributed by atoms with Crippen molar-refractivity contribution in [3.8, 4) is 0 Å². The minimum atomic E-state index is -4.42. The van der Waals surface area contributed by atoms with Crippen LogP contribution in [0.2, 0.25) is 0 Å². The number of fused-ring (bicyclic) bond motifs is 5. The number of nitrogens with zero attached hydrogens (tertiary/aromatic N) is 1. The maximum absolute atomic E-state index is 14.1. The molecule has 0 radical (unpaired) electrons. The summed E-state index contributed by atoms with van der Waals surface area (Å²) in [7, 11) is 0. The molecule has 5 unspecified atom stereocenters. The molecule has 1 N–H and O–H groups in total. The van der Waals surface area contributed by atoms with Gasteiger partial charge >= 0.3 is 5.97 Å². The summed E-state index contributed by atoms with van der Waals surface area (Å²) in [5.74, 6) is -2.33. The van der Waals surface area contributed by atoms with Crippen LogP contribution in [0.15, 0.2) is 34.9 Å². The Labute approximate surface area is 188 Å². The lowest BCUT2D eigenvalue weighted by Crippen LogP contribution is -2.60. The van der Waals surface area contributed by atoms with Crippen LogP contribution >= 0.6 is 22.7 Å². The maximum Gasteiger partial charge on any atom is 0.349 e. The number of morpholine rings is 1. The molecule has 2 aromatic heterocycles. The molecule has 5 rings (SSSR count). The normalized spacial score (nSPS) is 61.7. The third-order valence-corrected chi connectivity index (χ3v) is 5.60. The van der Waals surface area contributed by atoms with E-state index in [1.807, 2.05) is 0 Å². The smallest absolute Gasteiger partial charge is 0.349 e. The zero-order valence-corrected chi connectivity index (χ0v) is 14.1. The topological polar surface area (TPSA) is 59.1 Å². The lowest BCUT2D eigenvalue weighted by atomic mass is 9.95. The van der Waals surface area contributed by atoms with Crippen molar-refractivity contribution in [2.75, 3.05) is 14.0 Å². The van der Waals surface area contributed by atoms with Gasteiger partial charge < -0.3 is 19.1 Å². The first-order chi connectivity index (χ1) is 20.4. The first-order valence-electron chi connectivity index (χ1n) is 17.1. The molecule has 3 aliphatic heterocycles. The Morgan fingerprint density at radius 3 is 2.62 bits per heavy atom. The predicted molar refractivity (Wildman–Crippen MR) is 99.1 cm³/mol. The third-order valence-electron chi connectivity index (χ3n) is 3.99. The van der Waals surface area contributed by atoms with E-state index in [0.717, 1.165) is 0 Å². The van der Waals surface area contributed by atoms with Gasteiger partial charge in [-0.15, -0.1) is 22.7 Å². The average Bonchev–Trinajstić information content (AvgIpc) is 3.42. The summed E-state index contributed by atoms with van der Waals surface area (Å²) < 4.78 is 175. The summed E-state index contributed by atoms with van der Waals surface area (Å²) >= 11 is 0.196. The molecule has 0 aliphatic carbocycles. The molecule has 2 aromatic rings. The molecule has 3 fully saturated rings. The van der Waals surface area contributed by atoms with Crippen molar-refractivity contribution in [3.05, 3.63) is 44.6 Å². The number of aliphatic hydroxyl groups is 1. The number of carbonyl (C=O) groups excluding carboxylic acids is 1. The summed E-state index contributed by atoms with van der Waals surface area (Å²) in [5, 5.41) is 10.4. The largest absolute Gasteiger partial charge is 0.459 e. The van der Waals surface area contributed by atoms with Gasteiger partial charge in [0.25, 0.3) is 0 Å². The second-order valence-electron chi connectivity index (χ2n) is 5.51. The number of thiophene rings is 2. The van der Waals surface area contributed by atoms with Gasteiger partial charge in [-0.25, -0.2) is 4.79 Å². The predicted octanol–water partition coefficient (Wildman–Crippen LogP) is 2.35. The number of epoxide rings is 1. The summed E-state index contributed by atoms with van der Waals surface area (Å²) in [6.07, 6.45) is -18.9. The minimum absolute atomic E-state index is 0.0979. The van der Waals surface area contributed by atoms with Crippen LogP contribution in [0.4, 0.5) is 0 Å². The average molecular weight is 413 g/mol. The molecule has 2 bridgehead atoms. The fraction of sp³-hybridized carbons (Fsp3) is 0.526. The molecule has 0 spiro atoms. The van der Waals surface area contributed by atoms with Gasteiger partial charge in [0.1, 0.15) is 30.3 Å². The number of carbonyl (C=O) groups is 1. The highest BCUT2D eigenvalue weighted by Gasteiger charge is 2.71. The van der Waals surface area contributed by atoms with Crippen LogP contribution in [0.1, 0.15) is 49.9 Å². The zero-order chi connectivity index (χ0) is 35.6. The van der Waals surface area contributed by atoms with Gasteiger partial charge in [-0.3, -0.25) is 0 Å². The SMILES string of the molecule is [2H]c1sc(C(O)(C(=O)OC2([2H])C([2H])([2H])C3([2H])C4OC4([2H])C([2H])(C2([2H])[2H])[N+]3(C([2H])([2H])[2H])C([2H])([2H])[2H])c2sc([2H])c([2H])c2[2H])c([2H])c1[2H]. The highest BCUT2D eigenvalue weighted by Crippen LogP contribution is 2.52. The molecule has 5 nitrogen and oxygen atoms in total. The van der Waals surface area contributed by atoms with Crippen LogP contribution < -0.4 is 0 Å². The van der Waals surface area contributed by atoms with Crippen molar-refractivity contribution in [1.82, 2.24) is 0 Å². The molecular weight excluding hydrogens is 370 g/mol. The van der Waals surface area contributed by atoms with Crippen LogP contribution in [0, 0.1) is 0 Å². The van der Waals surface area contributed by atoms with Gasteiger partial charge in [0.15, 0.2) is 0 Å². The standard InChI is InChI=1S/C19H22NO4S2/c1-20(2)12-9-11(10-13(20)17-16(12)24-17)23-18(21)19(22,14-5-3-7-25-14)15-6-4-8-26-15/h3-8,11-13,16-17,22H,9-10H2,1-2H3/q+1/i1D3,2D3,3D,4D,5D,6D,7D,8D,9D2,10D2,11D,12D,13D,16D. The molecule has 138 valence electrons. The Kier molecular flexibility index (Phi) is 1.27. The van der Waals surface area contributed by atoms with E-state index >= 15 is 0 Å². The molecule has 5 heterocycles. The van der Waals surface area contributed by atoms with E-state index in [2.05, 4.69) is 0 Å². The van der Waals surface area contributed by atoms with Gasteiger partial charge in [0.05, 0.1) is 45.6 Å². The Morgan fingerprint density at radius 1 is 1.38 bits per heavy atom. The Bertz CT molecular complexity index is 1620. The lowest BCUT2D eigenvalue weighted by molar-refractivity contribution is -0.938. The fourth-order valence-electron chi connectivity index (χ4n) is 2.67. The molecule has 3 aliphatic rings. The van der Waals surface area contributed by atoms with E-state index in [9.17, 15) is 9.90 Å². The molecular formula is C19H22NO4S2+. The maximum atomic E-state index is 14.1. The Balaban J connectivity index is 1.82. The number of rotatable bonds is 4. The van der Waals surface area contributed by atoms with Crippen LogP contribution in [0.25, 0.3) is 0 Å². The minimum Gasteiger partial charge on any atom is -0.459 e. The van der Waals surface area contributed by atoms with Crippen molar-refractivity contribution in [2.24, 2.45) is 0 Å². The molecule has 3 saturated heterocycles. The quantitative estimate of drug-likeness (QED) is 0.476. The highest BCUT2D eigenvalue weighted by atomic mass is 32.1. The monoisotopic (exact) mass is 412 g/mol. The second kappa shape index (κ2) is 5.62. The van der Waals surface area contributed by atoms with Gasteiger partial charge in [-0.1, -0.05) is 12.1 Å². The van der Waals surface area contributed by atoms with Gasteiger partial charge in [-0.05, 0) is 22.8 Å². The number of piperidine rings is 1. The van der Waals surface area contributed by atoms with E-state index in [1.165, 1.54) is 0 Å². The van der Waals surface area contributed by atoms with E-state index in [0.29, 0.717) is 0 Å². The summed E-state index contributed by atoms with van der Waals surface area (Å²) in [6.45, 7) is -8.35. The van der Waals surface area contributed by atoms with Gasteiger partial charge in [-0.2, -0.15) is 0 Å². The second-order valence-corrected chi connectivity index (χ2v) is 7.15. The fourth-order valence-corrected chi connectivity index (χ4v) is 4.01. The number of esters is 1. The number of hydrogen-bond acceptors (Lipinski definition) is 6. The van der Waals surface area contributed by atoms with E-state index in [-0.39, 0.29) is 22.7 Å². The first kappa shape index (κ1) is 5.87.